The molecule has 4 rings (SSSR count). The van der Waals surface area contributed by atoms with Gasteiger partial charge < -0.3 is 10.2 Å². The van der Waals surface area contributed by atoms with Gasteiger partial charge in [0.25, 0.3) is 0 Å². The SMILES string of the molecule is C=C(c1cnn2c1NC(c1ccccc1)CC2(C)C)N1CCCC1C(C)CC. The third-order valence-electron chi connectivity index (χ3n) is 6.82. The Bertz CT molecular complexity index is 836. The van der Waals surface area contributed by atoms with Crippen LogP contribution in [0.1, 0.15) is 70.5 Å². The lowest BCUT2D eigenvalue weighted by Crippen LogP contribution is -2.38. The minimum Gasteiger partial charge on any atom is -0.368 e. The monoisotopic (exact) mass is 378 g/mol. The molecule has 1 N–H and O–H groups in total. The van der Waals surface area contributed by atoms with Gasteiger partial charge in [0, 0.05) is 18.3 Å². The molecule has 150 valence electrons. The van der Waals surface area contributed by atoms with E-state index >= 15 is 0 Å². The van der Waals surface area contributed by atoms with Crippen LogP contribution in [-0.4, -0.2) is 27.3 Å². The predicted molar refractivity (Wildman–Crippen MR) is 117 cm³/mol. The van der Waals surface area contributed by atoms with E-state index < -0.39 is 0 Å². The van der Waals surface area contributed by atoms with Crippen LogP contribution in [0.3, 0.4) is 0 Å². The molecule has 3 heterocycles. The average molecular weight is 379 g/mol. The number of benzene rings is 1. The van der Waals surface area contributed by atoms with Gasteiger partial charge in [-0.2, -0.15) is 5.10 Å². The van der Waals surface area contributed by atoms with E-state index in [-0.39, 0.29) is 11.6 Å². The minimum absolute atomic E-state index is 0.0409. The highest BCUT2D eigenvalue weighted by atomic mass is 15.4. The summed E-state index contributed by atoms with van der Waals surface area (Å²) in [7, 11) is 0. The minimum atomic E-state index is -0.0409. The molecule has 0 spiro atoms. The first-order valence-electron chi connectivity index (χ1n) is 10.8. The molecule has 0 bridgehead atoms. The standard InChI is InChI=1S/C24H34N4/c1-6-17(2)22-13-10-14-27(22)18(3)20-16-25-28-23(20)26-21(15-24(28,4)5)19-11-8-7-9-12-19/h7-9,11-12,16-17,21-22,26H,3,6,10,13-15H2,1-2,4-5H3. The summed E-state index contributed by atoms with van der Waals surface area (Å²) in [6, 6.07) is 11.6. The van der Waals surface area contributed by atoms with E-state index in [1.54, 1.807) is 0 Å². The Morgan fingerprint density at radius 1 is 1.32 bits per heavy atom. The van der Waals surface area contributed by atoms with Crippen molar-refractivity contribution in [3.8, 4) is 0 Å². The van der Waals surface area contributed by atoms with Crippen molar-refractivity contribution in [2.45, 2.75) is 71.0 Å². The fraction of sp³-hybridized carbons (Fsp3) is 0.542. The molecule has 1 fully saturated rings. The molecular weight excluding hydrogens is 344 g/mol. The Morgan fingerprint density at radius 2 is 2.07 bits per heavy atom. The molecule has 0 radical (unpaired) electrons. The van der Waals surface area contributed by atoms with Gasteiger partial charge in [0.2, 0.25) is 0 Å². The lowest BCUT2D eigenvalue weighted by Gasteiger charge is -2.39. The number of aromatic nitrogens is 2. The van der Waals surface area contributed by atoms with Crippen molar-refractivity contribution >= 4 is 11.5 Å². The van der Waals surface area contributed by atoms with E-state index in [0.29, 0.717) is 12.0 Å². The number of hydrogen-bond acceptors (Lipinski definition) is 3. The second-order valence-corrected chi connectivity index (χ2v) is 9.18. The third-order valence-corrected chi connectivity index (χ3v) is 6.82. The van der Waals surface area contributed by atoms with Crippen LogP contribution in [0, 0.1) is 5.92 Å². The zero-order valence-electron chi connectivity index (χ0n) is 17.8. The molecule has 1 aromatic heterocycles. The molecule has 4 nitrogen and oxygen atoms in total. The number of likely N-dealkylation sites (tertiary alicyclic amines) is 1. The predicted octanol–water partition coefficient (Wildman–Crippen LogP) is 5.66. The van der Waals surface area contributed by atoms with Crippen molar-refractivity contribution in [2.75, 3.05) is 11.9 Å². The molecule has 3 atom stereocenters. The fourth-order valence-corrected chi connectivity index (χ4v) is 4.99. The Labute approximate surface area is 169 Å². The molecule has 0 aliphatic carbocycles. The van der Waals surface area contributed by atoms with Gasteiger partial charge >= 0.3 is 0 Å². The molecule has 1 saturated heterocycles. The molecule has 3 unspecified atom stereocenters. The molecule has 2 aliphatic heterocycles. The van der Waals surface area contributed by atoms with Crippen LogP contribution < -0.4 is 5.32 Å². The molecule has 2 aliphatic rings. The maximum Gasteiger partial charge on any atom is 0.134 e. The summed E-state index contributed by atoms with van der Waals surface area (Å²) in [5, 5.41) is 8.58. The Kier molecular flexibility index (Phi) is 4.98. The van der Waals surface area contributed by atoms with Gasteiger partial charge in [0.1, 0.15) is 5.82 Å². The summed E-state index contributed by atoms with van der Waals surface area (Å²) in [6.45, 7) is 14.9. The zero-order valence-corrected chi connectivity index (χ0v) is 17.8. The lowest BCUT2D eigenvalue weighted by atomic mass is 9.89. The summed E-state index contributed by atoms with van der Waals surface area (Å²) in [5.74, 6) is 1.80. The molecule has 1 aromatic carbocycles. The second kappa shape index (κ2) is 7.31. The van der Waals surface area contributed by atoms with Crippen molar-refractivity contribution in [1.82, 2.24) is 14.7 Å². The van der Waals surface area contributed by atoms with Crippen LogP contribution in [0.5, 0.6) is 0 Å². The molecule has 2 aromatic rings. The maximum absolute atomic E-state index is 4.79. The molecule has 4 heteroatoms. The van der Waals surface area contributed by atoms with Gasteiger partial charge in [0.15, 0.2) is 0 Å². The fourth-order valence-electron chi connectivity index (χ4n) is 4.99. The van der Waals surface area contributed by atoms with E-state index in [1.807, 2.05) is 6.20 Å². The van der Waals surface area contributed by atoms with Gasteiger partial charge in [-0.05, 0) is 44.6 Å². The topological polar surface area (TPSA) is 33.1 Å². The highest BCUT2D eigenvalue weighted by molar-refractivity contribution is 5.73. The Hall–Kier alpha value is -2.23. The Balaban J connectivity index is 1.67. The number of rotatable bonds is 5. The van der Waals surface area contributed by atoms with Crippen LogP contribution in [0.15, 0.2) is 43.1 Å². The van der Waals surface area contributed by atoms with E-state index in [2.05, 4.69) is 79.5 Å². The summed E-state index contributed by atoms with van der Waals surface area (Å²) in [4.78, 5) is 2.53. The van der Waals surface area contributed by atoms with Crippen molar-refractivity contribution in [2.24, 2.45) is 5.92 Å². The lowest BCUT2D eigenvalue weighted by molar-refractivity contribution is 0.262. The third kappa shape index (κ3) is 3.23. The molecular formula is C24H34N4. The van der Waals surface area contributed by atoms with Crippen LogP contribution in [0.4, 0.5) is 5.82 Å². The van der Waals surface area contributed by atoms with Crippen molar-refractivity contribution in [1.29, 1.82) is 0 Å². The number of nitrogens with one attached hydrogen (secondary N) is 1. The van der Waals surface area contributed by atoms with Gasteiger partial charge in [0.05, 0.1) is 23.3 Å². The van der Waals surface area contributed by atoms with E-state index in [4.69, 9.17) is 5.10 Å². The maximum atomic E-state index is 4.79. The molecule has 0 saturated carbocycles. The average Bonchev–Trinajstić information content (AvgIpc) is 3.35. The smallest absolute Gasteiger partial charge is 0.134 e. The largest absolute Gasteiger partial charge is 0.368 e. The van der Waals surface area contributed by atoms with Crippen LogP contribution >= 0.6 is 0 Å². The molecule has 0 amide bonds. The van der Waals surface area contributed by atoms with Crippen LogP contribution in [-0.2, 0) is 5.54 Å². The van der Waals surface area contributed by atoms with Gasteiger partial charge in [-0.25, -0.2) is 4.68 Å². The highest BCUT2D eigenvalue weighted by Gasteiger charge is 2.37. The van der Waals surface area contributed by atoms with E-state index in [1.165, 1.54) is 24.8 Å². The first-order valence-corrected chi connectivity index (χ1v) is 10.8. The van der Waals surface area contributed by atoms with Crippen molar-refractivity contribution in [3.63, 3.8) is 0 Å². The zero-order chi connectivity index (χ0) is 19.9. The van der Waals surface area contributed by atoms with Crippen LogP contribution in [0.2, 0.25) is 0 Å². The van der Waals surface area contributed by atoms with Gasteiger partial charge in [-0.1, -0.05) is 57.2 Å². The summed E-state index contributed by atoms with van der Waals surface area (Å²) < 4.78 is 2.17. The highest BCUT2D eigenvalue weighted by Crippen LogP contribution is 2.43. The first-order chi connectivity index (χ1) is 13.4. The number of anilines is 1. The van der Waals surface area contributed by atoms with E-state index in [9.17, 15) is 0 Å². The first kappa shape index (κ1) is 19.1. The number of hydrogen-bond donors (Lipinski definition) is 1. The van der Waals surface area contributed by atoms with Gasteiger partial charge in [-0.15, -0.1) is 0 Å². The molecule has 28 heavy (non-hydrogen) atoms. The summed E-state index contributed by atoms with van der Waals surface area (Å²) >= 11 is 0. The number of nitrogens with zero attached hydrogens (tertiary/aromatic N) is 3. The number of fused-ring (bicyclic) bond motifs is 1. The Morgan fingerprint density at radius 3 is 2.79 bits per heavy atom. The summed E-state index contributed by atoms with van der Waals surface area (Å²) in [6.07, 6.45) is 6.76. The normalized spacial score (nSPS) is 24.5. The van der Waals surface area contributed by atoms with Crippen molar-refractivity contribution in [3.05, 3.63) is 54.2 Å². The van der Waals surface area contributed by atoms with E-state index in [0.717, 1.165) is 30.0 Å². The van der Waals surface area contributed by atoms with Gasteiger partial charge in [-0.3, -0.25) is 0 Å². The van der Waals surface area contributed by atoms with Crippen molar-refractivity contribution < 1.29 is 0 Å². The van der Waals surface area contributed by atoms with Crippen LogP contribution in [0.25, 0.3) is 5.70 Å². The second-order valence-electron chi connectivity index (χ2n) is 9.18. The summed E-state index contributed by atoms with van der Waals surface area (Å²) in [5.41, 5.74) is 3.57. The quantitative estimate of drug-likeness (QED) is 0.729.